The summed E-state index contributed by atoms with van der Waals surface area (Å²) < 4.78 is 14.1. The standard InChI is InChI=1S/C26H33N3O3/c1-24-9-18-10-25(2,15-24)17-26(11-18,16-24)32-8-7-27-22(30)13-29-23-19(12-28-29)14-31-21-6-4-3-5-20(21)23/h3-6,12,18H,7-11,13-17H2,1-2H3,(H,27,30)/t18?,24-,25+,26?. The van der Waals surface area contributed by atoms with E-state index in [-0.39, 0.29) is 18.1 Å². The van der Waals surface area contributed by atoms with E-state index in [1.807, 2.05) is 24.3 Å². The molecule has 2 unspecified atom stereocenters. The first-order valence-corrected chi connectivity index (χ1v) is 12.0. The maximum atomic E-state index is 12.7. The number of fused-ring (bicyclic) bond motifs is 3. The van der Waals surface area contributed by atoms with Gasteiger partial charge in [0.05, 0.1) is 24.1 Å². The first-order chi connectivity index (χ1) is 15.3. The summed E-state index contributed by atoms with van der Waals surface area (Å²) >= 11 is 0. The first-order valence-electron chi connectivity index (χ1n) is 12.0. The highest BCUT2D eigenvalue weighted by Crippen LogP contribution is 2.67. The quantitative estimate of drug-likeness (QED) is 0.686. The van der Waals surface area contributed by atoms with Crippen LogP contribution >= 0.6 is 0 Å². The summed E-state index contributed by atoms with van der Waals surface area (Å²) in [6.07, 6.45) is 9.45. The Labute approximate surface area is 189 Å². The average molecular weight is 436 g/mol. The molecule has 1 aliphatic heterocycles. The fourth-order valence-electron chi connectivity index (χ4n) is 8.06. The monoisotopic (exact) mass is 435 g/mol. The van der Waals surface area contributed by atoms with Crippen molar-refractivity contribution in [3.63, 3.8) is 0 Å². The number of nitrogens with zero attached hydrogens (tertiary/aromatic N) is 2. The molecule has 1 amide bonds. The lowest BCUT2D eigenvalue weighted by Gasteiger charge is -2.65. The zero-order valence-corrected chi connectivity index (χ0v) is 19.2. The van der Waals surface area contributed by atoms with Crippen molar-refractivity contribution >= 4 is 5.91 Å². The smallest absolute Gasteiger partial charge is 0.241 e. The van der Waals surface area contributed by atoms with E-state index >= 15 is 0 Å². The molecule has 1 aromatic heterocycles. The van der Waals surface area contributed by atoms with Crippen molar-refractivity contribution in [2.24, 2.45) is 16.7 Å². The number of carbonyl (C=O) groups is 1. The number of nitrogens with one attached hydrogen (secondary N) is 1. The van der Waals surface area contributed by atoms with Crippen LogP contribution in [0.25, 0.3) is 11.3 Å². The van der Waals surface area contributed by atoms with E-state index in [0.717, 1.165) is 28.5 Å². The molecule has 4 atom stereocenters. The van der Waals surface area contributed by atoms with Crippen LogP contribution in [0, 0.1) is 16.7 Å². The van der Waals surface area contributed by atoms with Crippen LogP contribution in [-0.4, -0.2) is 34.4 Å². The van der Waals surface area contributed by atoms with Crippen LogP contribution < -0.4 is 10.1 Å². The number of amides is 1. The predicted molar refractivity (Wildman–Crippen MR) is 121 cm³/mol. The minimum absolute atomic E-state index is 0.0262. The molecule has 170 valence electrons. The van der Waals surface area contributed by atoms with E-state index < -0.39 is 0 Å². The minimum atomic E-state index is -0.0343. The largest absolute Gasteiger partial charge is 0.488 e. The van der Waals surface area contributed by atoms with Crippen molar-refractivity contribution in [1.29, 1.82) is 0 Å². The fourth-order valence-corrected chi connectivity index (χ4v) is 8.06. The second kappa shape index (κ2) is 7.08. The van der Waals surface area contributed by atoms with E-state index in [4.69, 9.17) is 9.47 Å². The molecule has 4 bridgehead atoms. The lowest BCUT2D eigenvalue weighted by molar-refractivity contribution is -0.213. The molecule has 1 N–H and O–H groups in total. The molecule has 2 aromatic rings. The second-order valence-corrected chi connectivity index (χ2v) is 11.5. The molecular weight excluding hydrogens is 402 g/mol. The van der Waals surface area contributed by atoms with Crippen LogP contribution in [-0.2, 0) is 22.7 Å². The molecule has 4 aliphatic carbocycles. The molecule has 0 spiro atoms. The van der Waals surface area contributed by atoms with Gasteiger partial charge in [-0.05, 0) is 67.4 Å². The van der Waals surface area contributed by atoms with Crippen LogP contribution in [0.1, 0.15) is 57.9 Å². The molecule has 6 nitrogen and oxygen atoms in total. The Morgan fingerprint density at radius 1 is 1.19 bits per heavy atom. The molecule has 7 rings (SSSR count). The molecule has 4 fully saturated rings. The van der Waals surface area contributed by atoms with Gasteiger partial charge < -0.3 is 14.8 Å². The number of para-hydroxylation sites is 1. The Balaban J connectivity index is 1.06. The number of rotatable bonds is 6. The van der Waals surface area contributed by atoms with Crippen LogP contribution in [0.5, 0.6) is 5.75 Å². The van der Waals surface area contributed by atoms with Gasteiger partial charge in [-0.15, -0.1) is 0 Å². The molecule has 0 radical (unpaired) electrons. The molecular formula is C26H33N3O3. The van der Waals surface area contributed by atoms with Gasteiger partial charge in [-0.3, -0.25) is 9.48 Å². The Kier molecular flexibility index (Phi) is 4.49. The van der Waals surface area contributed by atoms with Crippen molar-refractivity contribution in [3.8, 4) is 17.0 Å². The van der Waals surface area contributed by atoms with E-state index in [9.17, 15) is 4.79 Å². The van der Waals surface area contributed by atoms with Gasteiger partial charge >= 0.3 is 0 Å². The van der Waals surface area contributed by atoms with E-state index in [0.29, 0.717) is 30.6 Å². The van der Waals surface area contributed by atoms with Gasteiger partial charge in [-0.25, -0.2) is 0 Å². The van der Waals surface area contributed by atoms with E-state index in [2.05, 4.69) is 24.3 Å². The first kappa shape index (κ1) is 20.3. The van der Waals surface area contributed by atoms with Gasteiger partial charge in [0.15, 0.2) is 0 Å². The highest BCUT2D eigenvalue weighted by molar-refractivity contribution is 5.78. The van der Waals surface area contributed by atoms with E-state index in [1.165, 1.54) is 38.5 Å². The zero-order valence-electron chi connectivity index (χ0n) is 19.2. The highest BCUT2D eigenvalue weighted by Gasteiger charge is 2.60. The molecule has 0 saturated heterocycles. The topological polar surface area (TPSA) is 65.4 Å². The summed E-state index contributed by atoms with van der Waals surface area (Å²) in [5.74, 6) is 1.62. The highest BCUT2D eigenvalue weighted by atomic mass is 16.5. The van der Waals surface area contributed by atoms with Gasteiger partial charge in [0.25, 0.3) is 0 Å². The summed E-state index contributed by atoms with van der Waals surface area (Å²) in [7, 11) is 0. The fraction of sp³-hybridized carbons (Fsp3) is 0.615. The molecule has 1 aromatic carbocycles. The number of aromatic nitrogens is 2. The van der Waals surface area contributed by atoms with Crippen LogP contribution in [0.3, 0.4) is 0 Å². The maximum Gasteiger partial charge on any atom is 0.241 e. The summed E-state index contributed by atoms with van der Waals surface area (Å²) in [4.78, 5) is 12.7. The van der Waals surface area contributed by atoms with Gasteiger partial charge in [-0.1, -0.05) is 26.0 Å². The number of hydrogen-bond donors (Lipinski definition) is 1. The number of carbonyl (C=O) groups excluding carboxylic acids is 1. The Bertz CT molecular complexity index is 1040. The summed E-state index contributed by atoms with van der Waals surface area (Å²) in [6, 6.07) is 7.92. The lowest BCUT2D eigenvalue weighted by atomic mass is 9.43. The second-order valence-electron chi connectivity index (χ2n) is 11.5. The Hall–Kier alpha value is -2.34. The third-order valence-corrected chi connectivity index (χ3v) is 8.14. The zero-order chi connectivity index (χ0) is 22.0. The molecule has 5 aliphatic rings. The normalized spacial score (nSPS) is 34.0. The van der Waals surface area contributed by atoms with Crippen molar-refractivity contribution in [2.75, 3.05) is 13.2 Å². The Morgan fingerprint density at radius 2 is 1.97 bits per heavy atom. The van der Waals surface area contributed by atoms with Crippen molar-refractivity contribution in [1.82, 2.24) is 15.1 Å². The van der Waals surface area contributed by atoms with Crippen molar-refractivity contribution < 1.29 is 14.3 Å². The molecule has 32 heavy (non-hydrogen) atoms. The molecule has 4 saturated carbocycles. The van der Waals surface area contributed by atoms with Crippen LogP contribution in [0.4, 0.5) is 0 Å². The van der Waals surface area contributed by atoms with Crippen molar-refractivity contribution in [2.45, 2.75) is 71.1 Å². The van der Waals surface area contributed by atoms with Crippen molar-refractivity contribution in [3.05, 3.63) is 36.0 Å². The third kappa shape index (κ3) is 3.43. The maximum absolute atomic E-state index is 12.7. The number of hydrogen-bond acceptors (Lipinski definition) is 4. The van der Waals surface area contributed by atoms with Gasteiger partial charge in [0.1, 0.15) is 18.9 Å². The van der Waals surface area contributed by atoms with Gasteiger partial charge in [-0.2, -0.15) is 5.10 Å². The van der Waals surface area contributed by atoms with E-state index in [1.54, 1.807) is 10.9 Å². The number of ether oxygens (including phenoxy) is 2. The summed E-state index contributed by atoms with van der Waals surface area (Å²) in [5, 5.41) is 7.50. The minimum Gasteiger partial charge on any atom is -0.488 e. The SMILES string of the molecule is C[C@]12CC3CC(OCCNC(=O)Cn4ncc5c4-c4ccccc4OC5)(C1)C[C@@](C)(C3)C2. The lowest BCUT2D eigenvalue weighted by Crippen LogP contribution is -2.59. The summed E-state index contributed by atoms with van der Waals surface area (Å²) in [6.45, 7) is 6.74. The molecule has 6 heteroatoms. The van der Waals surface area contributed by atoms with Crippen LogP contribution in [0.2, 0.25) is 0 Å². The molecule has 2 heterocycles. The third-order valence-electron chi connectivity index (χ3n) is 8.14. The van der Waals surface area contributed by atoms with Gasteiger partial charge in [0.2, 0.25) is 5.91 Å². The van der Waals surface area contributed by atoms with Crippen LogP contribution in [0.15, 0.2) is 30.5 Å². The predicted octanol–water partition coefficient (Wildman–Crippen LogP) is 4.32. The Morgan fingerprint density at radius 3 is 2.75 bits per heavy atom. The van der Waals surface area contributed by atoms with Gasteiger partial charge in [0, 0.05) is 17.7 Å². The summed E-state index contributed by atoms with van der Waals surface area (Å²) in [5.41, 5.74) is 3.90. The average Bonchev–Trinajstić information content (AvgIpc) is 3.12. The number of benzene rings is 1.